The summed E-state index contributed by atoms with van der Waals surface area (Å²) in [5.41, 5.74) is 0.738. The summed E-state index contributed by atoms with van der Waals surface area (Å²) in [5, 5.41) is 40.6. The van der Waals surface area contributed by atoms with E-state index in [4.69, 9.17) is 5.11 Å². The Hall–Kier alpha value is -4.83. The summed E-state index contributed by atoms with van der Waals surface area (Å²) < 4.78 is 4.64. The fourth-order valence-corrected chi connectivity index (χ4v) is 4.04. The minimum atomic E-state index is -1.21. The van der Waals surface area contributed by atoms with Crippen LogP contribution in [0.2, 0.25) is 0 Å². The average Bonchev–Trinajstić information content (AvgIpc) is 3.43. The SMILES string of the molecule is CC(=O)N[C@@H](CCCCNC(=O)CCCCCNc1ccc([N+](=O)[O-])c2nonc12)C(=O)N[C@H](C)C(=O)N[C@H](C)C(=O)O. The Morgan fingerprint density at radius 3 is 2.26 bits per heavy atom. The molecule has 1 aromatic heterocycles. The molecule has 1 aromatic carbocycles. The molecule has 17 heteroatoms. The molecule has 17 nitrogen and oxygen atoms in total. The number of carboxylic acids is 1. The van der Waals surface area contributed by atoms with Gasteiger partial charge in [-0.1, -0.05) is 6.42 Å². The number of anilines is 1. The van der Waals surface area contributed by atoms with Crippen LogP contribution in [-0.4, -0.2) is 81.2 Å². The Labute approximate surface area is 247 Å². The van der Waals surface area contributed by atoms with E-state index in [2.05, 4.69) is 41.5 Å². The lowest BCUT2D eigenvalue weighted by Crippen LogP contribution is -2.54. The number of unbranched alkanes of at least 4 members (excludes halogenated alkanes) is 3. The second-order valence-corrected chi connectivity index (χ2v) is 9.99. The van der Waals surface area contributed by atoms with Gasteiger partial charge in [-0.25, -0.2) is 4.63 Å². The first-order valence-electron chi connectivity index (χ1n) is 13.9. The number of nitro groups is 1. The molecule has 4 amide bonds. The summed E-state index contributed by atoms with van der Waals surface area (Å²) in [6, 6.07) is -0.138. The molecule has 0 saturated carbocycles. The van der Waals surface area contributed by atoms with E-state index in [1.807, 2.05) is 0 Å². The number of aromatic nitrogens is 2. The topological polar surface area (TPSA) is 248 Å². The van der Waals surface area contributed by atoms with E-state index in [-0.39, 0.29) is 29.0 Å². The van der Waals surface area contributed by atoms with Gasteiger partial charge < -0.3 is 31.7 Å². The Kier molecular flexibility index (Phi) is 13.7. The number of aliphatic carboxylic acids is 1. The van der Waals surface area contributed by atoms with Crippen molar-refractivity contribution in [1.82, 2.24) is 31.6 Å². The molecule has 3 atom stereocenters. The van der Waals surface area contributed by atoms with Gasteiger partial charge in [0.15, 0.2) is 5.52 Å². The number of rotatable bonds is 19. The molecule has 236 valence electrons. The van der Waals surface area contributed by atoms with E-state index in [0.29, 0.717) is 44.5 Å². The first-order valence-corrected chi connectivity index (χ1v) is 13.9. The second kappa shape index (κ2) is 17.2. The molecular formula is C26H38N8O9. The molecule has 0 aliphatic carbocycles. The Morgan fingerprint density at radius 2 is 1.58 bits per heavy atom. The maximum atomic E-state index is 12.6. The minimum absolute atomic E-state index is 0.0730. The predicted molar refractivity (Wildman–Crippen MR) is 153 cm³/mol. The van der Waals surface area contributed by atoms with Crippen LogP contribution in [0.3, 0.4) is 0 Å². The van der Waals surface area contributed by atoms with Gasteiger partial charge in [-0.3, -0.25) is 34.1 Å². The van der Waals surface area contributed by atoms with Crippen LogP contribution in [0.5, 0.6) is 0 Å². The van der Waals surface area contributed by atoms with Crippen LogP contribution >= 0.6 is 0 Å². The number of nitrogens with one attached hydrogen (secondary N) is 5. The van der Waals surface area contributed by atoms with E-state index in [1.54, 1.807) is 6.07 Å². The molecule has 0 radical (unpaired) electrons. The van der Waals surface area contributed by atoms with Gasteiger partial charge in [0.25, 0.3) is 0 Å². The van der Waals surface area contributed by atoms with Gasteiger partial charge >= 0.3 is 11.7 Å². The number of amides is 4. The van der Waals surface area contributed by atoms with Gasteiger partial charge in [0.1, 0.15) is 18.1 Å². The third-order valence-corrected chi connectivity index (χ3v) is 6.40. The average molecular weight is 607 g/mol. The molecule has 2 aromatic rings. The van der Waals surface area contributed by atoms with Crippen molar-refractivity contribution in [3.63, 3.8) is 0 Å². The molecular weight excluding hydrogens is 568 g/mol. The monoisotopic (exact) mass is 606 g/mol. The number of nitrogens with zero attached hydrogens (tertiary/aromatic N) is 3. The number of carboxylic acid groups (broad SMARTS) is 1. The highest BCUT2D eigenvalue weighted by atomic mass is 16.6. The van der Waals surface area contributed by atoms with Crippen molar-refractivity contribution in [1.29, 1.82) is 0 Å². The lowest BCUT2D eigenvalue weighted by atomic mass is 10.1. The van der Waals surface area contributed by atoms with Crippen LogP contribution in [-0.2, 0) is 24.0 Å². The number of nitro benzene ring substituents is 1. The second-order valence-electron chi connectivity index (χ2n) is 9.99. The van der Waals surface area contributed by atoms with Crippen LogP contribution < -0.4 is 26.6 Å². The van der Waals surface area contributed by atoms with Crippen molar-refractivity contribution >= 4 is 52.0 Å². The lowest BCUT2D eigenvalue weighted by molar-refractivity contribution is -0.383. The predicted octanol–water partition coefficient (Wildman–Crippen LogP) is 0.989. The van der Waals surface area contributed by atoms with Gasteiger partial charge in [-0.15, -0.1) is 0 Å². The highest BCUT2D eigenvalue weighted by molar-refractivity contribution is 5.94. The quantitative estimate of drug-likeness (QED) is 0.0744. The van der Waals surface area contributed by atoms with Crippen molar-refractivity contribution in [2.75, 3.05) is 18.4 Å². The zero-order chi connectivity index (χ0) is 31.9. The van der Waals surface area contributed by atoms with E-state index < -0.39 is 46.7 Å². The third kappa shape index (κ3) is 11.5. The molecule has 6 N–H and O–H groups in total. The van der Waals surface area contributed by atoms with Crippen LogP contribution in [0.25, 0.3) is 11.0 Å². The van der Waals surface area contributed by atoms with Crippen LogP contribution in [0.15, 0.2) is 16.8 Å². The standard InChI is InChI=1S/C26H38N8O9/c1-15(24(37)30-16(2)26(39)40)29-25(38)19(31-17(3)35)9-6-8-14-28-21(36)10-5-4-7-13-27-18-11-12-20(34(41)42)23-22(18)32-43-33-23/h11-12,15-16,19,27H,4-10,13-14H2,1-3H3,(H,28,36)(H,29,38)(H,30,37)(H,31,35)(H,39,40)/t15-,16-,19+/m1/s1. The van der Waals surface area contributed by atoms with Crippen molar-refractivity contribution in [3.05, 3.63) is 22.2 Å². The molecule has 0 unspecified atom stereocenters. The number of non-ortho nitro benzene ring substituents is 1. The maximum Gasteiger partial charge on any atom is 0.325 e. The van der Waals surface area contributed by atoms with Gasteiger partial charge in [-0.2, -0.15) is 0 Å². The zero-order valence-corrected chi connectivity index (χ0v) is 24.3. The summed E-state index contributed by atoms with van der Waals surface area (Å²) >= 11 is 0. The molecule has 0 bridgehead atoms. The van der Waals surface area contributed by atoms with E-state index >= 15 is 0 Å². The lowest BCUT2D eigenvalue weighted by Gasteiger charge is -2.21. The maximum absolute atomic E-state index is 12.6. The first kappa shape index (κ1) is 34.4. The molecule has 1 heterocycles. The molecule has 2 rings (SSSR count). The molecule has 0 fully saturated rings. The zero-order valence-electron chi connectivity index (χ0n) is 24.3. The Morgan fingerprint density at radius 1 is 0.907 bits per heavy atom. The highest BCUT2D eigenvalue weighted by Crippen LogP contribution is 2.28. The summed E-state index contributed by atoms with van der Waals surface area (Å²) in [6.07, 6.45) is 3.88. The summed E-state index contributed by atoms with van der Waals surface area (Å²) in [4.78, 5) is 69.9. The largest absolute Gasteiger partial charge is 0.480 e. The van der Waals surface area contributed by atoms with Gasteiger partial charge in [0.2, 0.25) is 29.1 Å². The molecule has 0 aliphatic rings. The van der Waals surface area contributed by atoms with Crippen molar-refractivity contribution in [3.8, 4) is 0 Å². The number of fused-ring (bicyclic) bond motifs is 1. The smallest absolute Gasteiger partial charge is 0.325 e. The summed E-state index contributed by atoms with van der Waals surface area (Å²) in [7, 11) is 0. The molecule has 43 heavy (non-hydrogen) atoms. The number of hydrogen-bond donors (Lipinski definition) is 6. The van der Waals surface area contributed by atoms with Crippen LogP contribution in [0.4, 0.5) is 11.4 Å². The van der Waals surface area contributed by atoms with Gasteiger partial charge in [0.05, 0.1) is 10.6 Å². The van der Waals surface area contributed by atoms with Gasteiger partial charge in [0, 0.05) is 32.5 Å². The van der Waals surface area contributed by atoms with Gasteiger partial charge in [-0.05, 0) is 62.3 Å². The van der Waals surface area contributed by atoms with Crippen LogP contribution in [0, 0.1) is 10.1 Å². The van der Waals surface area contributed by atoms with E-state index in [1.165, 1.54) is 26.8 Å². The normalized spacial score (nSPS) is 12.9. The fourth-order valence-electron chi connectivity index (χ4n) is 4.04. The summed E-state index contributed by atoms with van der Waals surface area (Å²) in [5.74, 6) is -2.98. The molecule has 0 spiro atoms. The number of benzene rings is 1. The van der Waals surface area contributed by atoms with Crippen molar-refractivity contribution < 1.29 is 38.6 Å². The molecule has 0 aliphatic heterocycles. The first-order chi connectivity index (χ1) is 20.4. The Balaban J connectivity index is 1.62. The van der Waals surface area contributed by atoms with Crippen molar-refractivity contribution in [2.24, 2.45) is 0 Å². The summed E-state index contributed by atoms with van der Waals surface area (Å²) in [6.45, 7) is 4.93. The minimum Gasteiger partial charge on any atom is -0.480 e. The fraction of sp³-hybridized carbons (Fsp3) is 0.577. The van der Waals surface area contributed by atoms with E-state index in [0.717, 1.165) is 12.8 Å². The molecule has 0 saturated heterocycles. The third-order valence-electron chi connectivity index (χ3n) is 6.40. The highest BCUT2D eigenvalue weighted by Gasteiger charge is 2.25. The number of hydrogen-bond acceptors (Lipinski definition) is 11. The van der Waals surface area contributed by atoms with Crippen LogP contribution in [0.1, 0.15) is 65.7 Å². The van der Waals surface area contributed by atoms with E-state index in [9.17, 15) is 34.1 Å². The Bertz CT molecular complexity index is 1300. The number of carbonyl (C=O) groups is 5. The van der Waals surface area contributed by atoms with Crippen molar-refractivity contribution in [2.45, 2.75) is 83.8 Å². The number of carbonyl (C=O) groups excluding carboxylic acids is 4.